The fourth-order valence-corrected chi connectivity index (χ4v) is 3.46. The summed E-state index contributed by atoms with van der Waals surface area (Å²) in [5, 5.41) is 0. The number of aromatic nitrogens is 2. The molecule has 1 aromatic carbocycles. The molecule has 0 bridgehead atoms. The van der Waals surface area contributed by atoms with Crippen molar-refractivity contribution < 1.29 is 4.79 Å². The largest absolute Gasteiger partial charge is 0.368 e. The predicted octanol–water partition coefficient (Wildman–Crippen LogP) is 2.80. The third-order valence-corrected chi connectivity index (χ3v) is 4.79. The number of carbonyl (C=O) groups is 1. The fraction of sp³-hybridized carbons (Fsp3) is 0.375. The molecule has 0 aliphatic heterocycles. The van der Waals surface area contributed by atoms with Crippen LogP contribution in [0.25, 0.3) is 0 Å². The number of nitrogens with two attached hydrogens (primary N) is 1. The van der Waals surface area contributed by atoms with Gasteiger partial charge in [-0.15, -0.1) is 0 Å². The number of primary amides is 1. The number of hydrogen-bond donors (Lipinski definition) is 1. The van der Waals surface area contributed by atoms with Gasteiger partial charge in [-0.1, -0.05) is 24.3 Å². The Labute approximate surface area is 129 Å². The molecular weight excluding hydrogens is 282 g/mol. The molecule has 1 aliphatic rings. The van der Waals surface area contributed by atoms with Crippen molar-refractivity contribution in [2.75, 3.05) is 0 Å². The van der Waals surface area contributed by atoms with Crippen molar-refractivity contribution in [3.63, 3.8) is 0 Å². The van der Waals surface area contributed by atoms with Gasteiger partial charge in [0.15, 0.2) is 4.77 Å². The molecule has 0 radical (unpaired) electrons. The lowest BCUT2D eigenvalue weighted by Crippen LogP contribution is -2.24. The predicted molar refractivity (Wildman–Crippen MR) is 84.7 cm³/mol. The van der Waals surface area contributed by atoms with Gasteiger partial charge in [0.25, 0.3) is 0 Å². The molecule has 2 atom stereocenters. The monoisotopic (exact) mass is 301 g/mol. The number of nitrogens with zero attached hydrogens (tertiary/aromatic N) is 2. The number of hydrogen-bond acceptors (Lipinski definition) is 2. The maximum Gasteiger partial charge on any atom is 0.240 e. The van der Waals surface area contributed by atoms with Gasteiger partial charge < -0.3 is 14.9 Å². The Morgan fingerprint density at radius 3 is 2.76 bits per heavy atom. The molecule has 110 valence electrons. The summed E-state index contributed by atoms with van der Waals surface area (Å²) in [6, 6.07) is 8.51. The summed E-state index contributed by atoms with van der Waals surface area (Å²) in [7, 11) is 0. The third-order valence-electron chi connectivity index (χ3n) is 4.37. The number of aryl methyl sites for hydroxylation is 1. The molecule has 1 aliphatic carbocycles. The van der Waals surface area contributed by atoms with E-state index in [1.165, 1.54) is 11.1 Å². The standard InChI is InChI=1S/C16H19N3OS/c1-11(15(17)20)18-8-9-19(16(18)21)14-7-6-12-4-2-3-5-13(12)10-14/h2-5,8-9,11,14H,6-7,10H2,1H3,(H2,17,20). The molecule has 0 saturated carbocycles. The average Bonchev–Trinajstić information content (AvgIpc) is 2.87. The zero-order valence-corrected chi connectivity index (χ0v) is 12.8. The summed E-state index contributed by atoms with van der Waals surface area (Å²) >= 11 is 5.52. The van der Waals surface area contributed by atoms with Crippen molar-refractivity contribution in [2.45, 2.75) is 38.3 Å². The van der Waals surface area contributed by atoms with Crippen LogP contribution in [0.2, 0.25) is 0 Å². The van der Waals surface area contributed by atoms with Gasteiger partial charge in [-0.25, -0.2) is 0 Å². The number of amides is 1. The van der Waals surface area contributed by atoms with Crippen molar-refractivity contribution in [1.29, 1.82) is 0 Å². The Morgan fingerprint density at radius 1 is 1.33 bits per heavy atom. The van der Waals surface area contributed by atoms with Crippen LogP contribution >= 0.6 is 12.2 Å². The zero-order chi connectivity index (χ0) is 15.0. The van der Waals surface area contributed by atoms with Crippen molar-refractivity contribution in [1.82, 2.24) is 9.13 Å². The van der Waals surface area contributed by atoms with Crippen LogP contribution in [-0.4, -0.2) is 15.0 Å². The quantitative estimate of drug-likeness (QED) is 0.886. The highest BCUT2D eigenvalue weighted by molar-refractivity contribution is 7.71. The Hall–Kier alpha value is -1.88. The second kappa shape index (κ2) is 5.48. The Morgan fingerprint density at radius 2 is 2.05 bits per heavy atom. The molecule has 1 amide bonds. The minimum atomic E-state index is -0.408. The highest BCUT2D eigenvalue weighted by Gasteiger charge is 2.22. The summed E-state index contributed by atoms with van der Waals surface area (Å²) in [6.07, 6.45) is 6.96. The molecule has 4 nitrogen and oxygen atoms in total. The first-order chi connectivity index (χ1) is 10.1. The average molecular weight is 301 g/mol. The third kappa shape index (κ3) is 2.53. The highest BCUT2D eigenvalue weighted by atomic mass is 32.1. The maximum atomic E-state index is 11.3. The number of rotatable bonds is 3. The molecule has 1 heterocycles. The van der Waals surface area contributed by atoms with Crippen LogP contribution < -0.4 is 5.73 Å². The van der Waals surface area contributed by atoms with E-state index in [1.54, 1.807) is 11.5 Å². The summed E-state index contributed by atoms with van der Waals surface area (Å²) in [5.41, 5.74) is 8.20. The number of fused-ring (bicyclic) bond motifs is 1. The Bertz CT molecular complexity index is 731. The van der Waals surface area contributed by atoms with Crippen molar-refractivity contribution in [3.8, 4) is 0 Å². The van der Waals surface area contributed by atoms with Crippen LogP contribution in [-0.2, 0) is 17.6 Å². The lowest BCUT2D eigenvalue weighted by molar-refractivity contribution is -0.120. The van der Waals surface area contributed by atoms with Gasteiger partial charge in [0.2, 0.25) is 5.91 Å². The van der Waals surface area contributed by atoms with Crippen molar-refractivity contribution in [3.05, 3.63) is 52.6 Å². The molecule has 21 heavy (non-hydrogen) atoms. The van der Waals surface area contributed by atoms with Crippen molar-refractivity contribution in [2.24, 2.45) is 5.73 Å². The van der Waals surface area contributed by atoms with E-state index in [1.807, 2.05) is 12.4 Å². The summed E-state index contributed by atoms with van der Waals surface area (Å²) in [6.45, 7) is 1.78. The molecule has 1 aromatic heterocycles. The minimum Gasteiger partial charge on any atom is -0.368 e. The lowest BCUT2D eigenvalue weighted by atomic mass is 9.88. The second-order valence-electron chi connectivity index (χ2n) is 5.64. The molecule has 0 spiro atoms. The smallest absolute Gasteiger partial charge is 0.240 e. The SMILES string of the molecule is CC(C(N)=O)n1ccn(C2CCc3ccccc3C2)c1=S. The molecule has 5 heteroatoms. The van der Waals surface area contributed by atoms with E-state index in [4.69, 9.17) is 18.0 Å². The normalized spacial score (nSPS) is 19.0. The van der Waals surface area contributed by atoms with E-state index in [-0.39, 0.29) is 5.91 Å². The second-order valence-corrected chi connectivity index (χ2v) is 6.00. The fourth-order valence-electron chi connectivity index (χ4n) is 3.03. The van der Waals surface area contributed by atoms with Gasteiger partial charge in [-0.2, -0.15) is 0 Å². The van der Waals surface area contributed by atoms with E-state index in [0.29, 0.717) is 10.8 Å². The highest BCUT2D eigenvalue weighted by Crippen LogP contribution is 2.29. The minimum absolute atomic E-state index is 0.355. The molecule has 0 fully saturated rings. The first kappa shape index (κ1) is 14.1. The van der Waals surface area contributed by atoms with Crippen LogP contribution in [0.1, 0.15) is 36.6 Å². The molecule has 2 unspecified atom stereocenters. The first-order valence-electron chi connectivity index (χ1n) is 7.23. The van der Waals surface area contributed by atoms with Gasteiger partial charge in [-0.3, -0.25) is 4.79 Å². The molecule has 0 saturated heterocycles. The lowest BCUT2D eigenvalue weighted by Gasteiger charge is -2.25. The Balaban J connectivity index is 1.90. The van der Waals surface area contributed by atoms with E-state index in [2.05, 4.69) is 28.8 Å². The number of carbonyl (C=O) groups excluding carboxylic acids is 1. The van der Waals surface area contributed by atoms with E-state index >= 15 is 0 Å². The van der Waals surface area contributed by atoms with Gasteiger partial charge in [0.1, 0.15) is 6.04 Å². The molecule has 2 N–H and O–H groups in total. The molecule has 3 rings (SSSR count). The van der Waals surface area contributed by atoms with Gasteiger partial charge in [-0.05, 0) is 49.5 Å². The van der Waals surface area contributed by atoms with Crippen molar-refractivity contribution >= 4 is 18.1 Å². The number of imidazole rings is 1. The number of benzene rings is 1. The molecular formula is C16H19N3OS. The summed E-state index contributed by atoms with van der Waals surface area (Å²) in [5.74, 6) is -0.363. The summed E-state index contributed by atoms with van der Waals surface area (Å²) in [4.78, 5) is 11.3. The first-order valence-corrected chi connectivity index (χ1v) is 7.64. The maximum absolute atomic E-state index is 11.3. The van der Waals surface area contributed by atoms with Crippen LogP contribution in [0.5, 0.6) is 0 Å². The van der Waals surface area contributed by atoms with Gasteiger partial charge in [0.05, 0.1) is 0 Å². The Kier molecular flexibility index (Phi) is 3.68. The van der Waals surface area contributed by atoms with Crippen LogP contribution in [0.4, 0.5) is 0 Å². The van der Waals surface area contributed by atoms with Crippen LogP contribution in [0, 0.1) is 4.77 Å². The van der Waals surface area contributed by atoms with E-state index in [9.17, 15) is 4.79 Å². The van der Waals surface area contributed by atoms with Crippen LogP contribution in [0.3, 0.4) is 0 Å². The summed E-state index contributed by atoms with van der Waals surface area (Å²) < 4.78 is 4.55. The zero-order valence-electron chi connectivity index (χ0n) is 12.0. The van der Waals surface area contributed by atoms with E-state index in [0.717, 1.165) is 19.3 Å². The van der Waals surface area contributed by atoms with Gasteiger partial charge >= 0.3 is 0 Å². The van der Waals surface area contributed by atoms with Crippen LogP contribution in [0.15, 0.2) is 36.7 Å². The van der Waals surface area contributed by atoms with Gasteiger partial charge in [0, 0.05) is 18.4 Å². The molecule has 2 aromatic rings. The topological polar surface area (TPSA) is 53.0 Å². The van der Waals surface area contributed by atoms with E-state index < -0.39 is 6.04 Å².